The molecule has 3 aromatic carbocycles. The Balaban J connectivity index is 1.58. The average Bonchev–Trinajstić information content (AvgIpc) is 3.27. The third-order valence-electron chi connectivity index (χ3n) is 5.28. The number of ketones is 1. The van der Waals surface area contributed by atoms with E-state index in [1.807, 2.05) is 42.5 Å². The molecule has 0 fully saturated rings. The van der Waals surface area contributed by atoms with Gasteiger partial charge in [0, 0.05) is 28.2 Å². The van der Waals surface area contributed by atoms with Crippen molar-refractivity contribution < 1.29 is 19.1 Å². The molecule has 0 radical (unpaired) electrons. The molecule has 0 aliphatic rings. The Morgan fingerprint density at radius 1 is 0.906 bits per heavy atom. The number of carbonyl (C=O) groups excluding carboxylic acids is 2. The lowest BCUT2D eigenvalue weighted by molar-refractivity contribution is 0.0280. The first-order chi connectivity index (χ1) is 15.7. The summed E-state index contributed by atoms with van der Waals surface area (Å²) >= 11 is 0. The lowest BCUT2D eigenvalue weighted by Crippen LogP contribution is -2.20. The van der Waals surface area contributed by atoms with Gasteiger partial charge in [-0.05, 0) is 36.8 Å². The first-order valence-electron chi connectivity index (χ1n) is 10.8. The van der Waals surface area contributed by atoms with E-state index in [0.717, 1.165) is 23.7 Å². The number of fused-ring (bicyclic) bond motifs is 1. The van der Waals surface area contributed by atoms with Crippen molar-refractivity contribution in [1.82, 2.24) is 4.98 Å². The number of rotatable bonds is 9. The van der Waals surface area contributed by atoms with Crippen LogP contribution in [0.15, 0.2) is 85.1 Å². The molecule has 0 bridgehead atoms. The van der Waals surface area contributed by atoms with E-state index in [1.165, 1.54) is 0 Å². The minimum atomic E-state index is -1.05. The van der Waals surface area contributed by atoms with Crippen LogP contribution in [-0.4, -0.2) is 23.3 Å². The summed E-state index contributed by atoms with van der Waals surface area (Å²) in [6.45, 7) is 2.73. The highest BCUT2D eigenvalue weighted by Crippen LogP contribution is 2.28. The minimum absolute atomic E-state index is 0.276. The van der Waals surface area contributed by atoms with Gasteiger partial charge < -0.3 is 14.5 Å². The molecule has 5 nitrogen and oxygen atoms in total. The number of benzene rings is 3. The second-order valence-electron chi connectivity index (χ2n) is 7.53. The summed E-state index contributed by atoms with van der Waals surface area (Å²) in [5, 5.41) is 0.795. The molecule has 162 valence electrons. The van der Waals surface area contributed by atoms with E-state index in [2.05, 4.69) is 11.9 Å². The Kier molecular flexibility index (Phi) is 6.66. The number of hydrogen-bond donors (Lipinski definition) is 1. The van der Waals surface area contributed by atoms with Crippen LogP contribution in [0.4, 0.5) is 0 Å². The summed E-state index contributed by atoms with van der Waals surface area (Å²) < 4.78 is 11.4. The maximum absolute atomic E-state index is 13.5. The number of unbranched alkanes of at least 4 members (excludes halogenated alkanes) is 1. The molecule has 0 amide bonds. The van der Waals surface area contributed by atoms with Gasteiger partial charge in [-0.25, -0.2) is 4.79 Å². The fourth-order valence-corrected chi connectivity index (χ4v) is 3.51. The van der Waals surface area contributed by atoms with Crippen LogP contribution in [0.1, 0.15) is 52.1 Å². The number of hydrogen-bond acceptors (Lipinski definition) is 4. The van der Waals surface area contributed by atoms with Gasteiger partial charge in [0.2, 0.25) is 5.78 Å². The number of carbonyl (C=O) groups is 2. The summed E-state index contributed by atoms with van der Waals surface area (Å²) in [6.07, 6.45) is 2.64. The van der Waals surface area contributed by atoms with Gasteiger partial charge in [0.25, 0.3) is 0 Å². The fourth-order valence-electron chi connectivity index (χ4n) is 3.51. The Bertz CT molecular complexity index is 1200. The van der Waals surface area contributed by atoms with Crippen LogP contribution in [0.5, 0.6) is 5.75 Å². The summed E-state index contributed by atoms with van der Waals surface area (Å²) in [4.78, 5) is 29.5. The molecule has 32 heavy (non-hydrogen) atoms. The standard InChI is InChI=1S/C27H25NO4/c1-2-3-17-31-21-15-13-20(14-16-21)27(30)32-26(19-9-5-4-6-10-19)25(29)23-18-28-24-12-8-7-11-22(23)24/h4-16,18,26,28H,2-3,17H2,1H3/t26-/m1/s1. The molecule has 1 N–H and O–H groups in total. The largest absolute Gasteiger partial charge is 0.494 e. The molecule has 5 heteroatoms. The summed E-state index contributed by atoms with van der Waals surface area (Å²) in [7, 11) is 0. The number of aromatic nitrogens is 1. The van der Waals surface area contributed by atoms with Crippen molar-refractivity contribution in [3.63, 3.8) is 0 Å². The van der Waals surface area contributed by atoms with Gasteiger partial charge in [0.15, 0.2) is 6.10 Å². The molecule has 4 aromatic rings. The molecule has 4 rings (SSSR count). The first kappa shape index (κ1) is 21.4. The molecule has 0 spiro atoms. The fraction of sp³-hybridized carbons (Fsp3) is 0.185. The number of aromatic amines is 1. The maximum atomic E-state index is 13.5. The third-order valence-corrected chi connectivity index (χ3v) is 5.28. The predicted molar refractivity (Wildman–Crippen MR) is 124 cm³/mol. The van der Waals surface area contributed by atoms with E-state index in [0.29, 0.717) is 29.0 Å². The number of nitrogens with one attached hydrogen (secondary N) is 1. The zero-order valence-electron chi connectivity index (χ0n) is 17.9. The molecule has 1 aromatic heterocycles. The Hall–Kier alpha value is -3.86. The molecule has 0 saturated carbocycles. The van der Waals surface area contributed by atoms with Crippen LogP contribution in [-0.2, 0) is 4.74 Å². The smallest absolute Gasteiger partial charge is 0.339 e. The van der Waals surface area contributed by atoms with E-state index >= 15 is 0 Å². The SMILES string of the molecule is CCCCOc1ccc(C(=O)O[C@@H](C(=O)c2c[nH]c3ccccc23)c2ccccc2)cc1. The molecule has 0 aliphatic carbocycles. The first-order valence-corrected chi connectivity index (χ1v) is 10.8. The maximum Gasteiger partial charge on any atom is 0.339 e. The minimum Gasteiger partial charge on any atom is -0.494 e. The van der Waals surface area contributed by atoms with Gasteiger partial charge in [0.05, 0.1) is 12.2 Å². The van der Waals surface area contributed by atoms with Crippen molar-refractivity contribution in [2.24, 2.45) is 0 Å². The molecule has 1 heterocycles. The molecule has 0 unspecified atom stereocenters. The van der Waals surface area contributed by atoms with E-state index in [-0.39, 0.29) is 5.78 Å². The second-order valence-corrected chi connectivity index (χ2v) is 7.53. The van der Waals surface area contributed by atoms with Crippen molar-refractivity contribution in [1.29, 1.82) is 0 Å². The molecule has 0 saturated heterocycles. The van der Waals surface area contributed by atoms with E-state index in [4.69, 9.17) is 9.47 Å². The van der Waals surface area contributed by atoms with Crippen LogP contribution in [0.25, 0.3) is 10.9 Å². The van der Waals surface area contributed by atoms with Crippen molar-refractivity contribution in [2.75, 3.05) is 6.61 Å². The third kappa shape index (κ3) is 4.72. The van der Waals surface area contributed by atoms with Crippen molar-refractivity contribution in [3.8, 4) is 5.75 Å². The highest BCUT2D eigenvalue weighted by Gasteiger charge is 2.28. The van der Waals surface area contributed by atoms with E-state index in [9.17, 15) is 9.59 Å². The van der Waals surface area contributed by atoms with Gasteiger partial charge in [-0.15, -0.1) is 0 Å². The summed E-state index contributed by atoms with van der Waals surface area (Å²) in [6, 6.07) is 23.4. The number of ether oxygens (including phenoxy) is 2. The van der Waals surface area contributed by atoms with Gasteiger partial charge in [-0.2, -0.15) is 0 Å². The summed E-state index contributed by atoms with van der Waals surface area (Å²) in [5.41, 5.74) is 2.32. The predicted octanol–water partition coefficient (Wildman–Crippen LogP) is 6.13. The number of H-pyrrole nitrogens is 1. The Labute approximate surface area is 187 Å². The zero-order chi connectivity index (χ0) is 22.3. The Morgan fingerprint density at radius 2 is 1.62 bits per heavy atom. The van der Waals surface area contributed by atoms with Crippen molar-refractivity contribution in [3.05, 3.63) is 102 Å². The Morgan fingerprint density at radius 3 is 2.38 bits per heavy atom. The quantitative estimate of drug-likeness (QED) is 0.198. The van der Waals surface area contributed by atoms with Crippen LogP contribution in [0.2, 0.25) is 0 Å². The average molecular weight is 428 g/mol. The van der Waals surface area contributed by atoms with Crippen LogP contribution in [0, 0.1) is 0 Å². The second kappa shape index (κ2) is 9.96. The van der Waals surface area contributed by atoms with E-state index < -0.39 is 12.1 Å². The zero-order valence-corrected chi connectivity index (χ0v) is 17.9. The number of para-hydroxylation sites is 1. The highest BCUT2D eigenvalue weighted by molar-refractivity contribution is 6.11. The van der Waals surface area contributed by atoms with Gasteiger partial charge >= 0.3 is 5.97 Å². The van der Waals surface area contributed by atoms with Crippen molar-refractivity contribution in [2.45, 2.75) is 25.9 Å². The molecule has 1 atom stereocenters. The van der Waals surface area contributed by atoms with Gasteiger partial charge in [-0.1, -0.05) is 61.9 Å². The van der Waals surface area contributed by atoms with Gasteiger partial charge in [-0.3, -0.25) is 4.79 Å². The normalized spacial score (nSPS) is 11.8. The molecular formula is C27H25NO4. The number of esters is 1. The van der Waals surface area contributed by atoms with Crippen LogP contribution < -0.4 is 4.74 Å². The highest BCUT2D eigenvalue weighted by atomic mass is 16.5. The summed E-state index contributed by atoms with van der Waals surface area (Å²) in [5.74, 6) is -0.141. The van der Waals surface area contributed by atoms with Gasteiger partial charge in [0.1, 0.15) is 5.75 Å². The monoisotopic (exact) mass is 427 g/mol. The lowest BCUT2D eigenvalue weighted by atomic mass is 9.99. The molecule has 0 aliphatic heterocycles. The molecular weight excluding hydrogens is 402 g/mol. The number of Topliss-reactive ketones (excluding diaryl/α,β-unsaturated/α-hetero) is 1. The van der Waals surface area contributed by atoms with E-state index in [1.54, 1.807) is 42.6 Å². The van der Waals surface area contributed by atoms with Crippen molar-refractivity contribution >= 4 is 22.7 Å². The topological polar surface area (TPSA) is 68.4 Å². The lowest BCUT2D eigenvalue weighted by Gasteiger charge is -2.17. The van der Waals surface area contributed by atoms with Crippen LogP contribution >= 0.6 is 0 Å². The van der Waals surface area contributed by atoms with Crippen LogP contribution in [0.3, 0.4) is 0 Å².